The standard InChI is InChI=1S/C12H11FN2OS/c13-9-4-2-1-3-8(9)12(16)10-7-17-11(15-10)5-6-14/h1-4,7H,5-6,14H2. The van der Waals surface area contributed by atoms with E-state index < -0.39 is 5.82 Å². The first-order chi connectivity index (χ1) is 8.22. The molecule has 2 aromatic rings. The fourth-order valence-electron chi connectivity index (χ4n) is 1.44. The molecule has 0 fully saturated rings. The summed E-state index contributed by atoms with van der Waals surface area (Å²) in [5.41, 5.74) is 5.74. The predicted molar refractivity (Wildman–Crippen MR) is 64.7 cm³/mol. The highest BCUT2D eigenvalue weighted by Crippen LogP contribution is 2.16. The maximum absolute atomic E-state index is 13.4. The first-order valence-electron chi connectivity index (χ1n) is 5.16. The van der Waals surface area contributed by atoms with Crippen molar-refractivity contribution in [1.29, 1.82) is 0 Å². The Labute approximate surface area is 102 Å². The number of hydrogen-bond acceptors (Lipinski definition) is 4. The van der Waals surface area contributed by atoms with Crippen LogP contribution >= 0.6 is 11.3 Å². The zero-order chi connectivity index (χ0) is 12.3. The quantitative estimate of drug-likeness (QED) is 0.844. The number of rotatable bonds is 4. The molecule has 1 heterocycles. The second kappa shape index (κ2) is 5.16. The van der Waals surface area contributed by atoms with Crippen molar-refractivity contribution in [2.45, 2.75) is 6.42 Å². The van der Waals surface area contributed by atoms with Gasteiger partial charge in [-0.15, -0.1) is 11.3 Å². The summed E-state index contributed by atoms with van der Waals surface area (Å²) in [6, 6.07) is 5.90. The number of ketones is 1. The first kappa shape index (κ1) is 11.9. The third-order valence-electron chi connectivity index (χ3n) is 2.26. The molecule has 17 heavy (non-hydrogen) atoms. The zero-order valence-electron chi connectivity index (χ0n) is 9.02. The number of carbonyl (C=O) groups is 1. The molecule has 3 nitrogen and oxygen atoms in total. The highest BCUT2D eigenvalue weighted by molar-refractivity contribution is 7.09. The van der Waals surface area contributed by atoms with E-state index in [1.54, 1.807) is 17.5 Å². The lowest BCUT2D eigenvalue weighted by Gasteiger charge is -1.98. The lowest BCUT2D eigenvalue weighted by molar-refractivity contribution is 0.103. The topological polar surface area (TPSA) is 56.0 Å². The van der Waals surface area contributed by atoms with E-state index in [0.29, 0.717) is 13.0 Å². The number of benzene rings is 1. The van der Waals surface area contributed by atoms with Gasteiger partial charge in [-0.25, -0.2) is 9.37 Å². The van der Waals surface area contributed by atoms with E-state index >= 15 is 0 Å². The smallest absolute Gasteiger partial charge is 0.215 e. The summed E-state index contributed by atoms with van der Waals surface area (Å²) in [6.07, 6.45) is 0.634. The molecule has 1 aromatic carbocycles. The van der Waals surface area contributed by atoms with Crippen LogP contribution in [-0.4, -0.2) is 17.3 Å². The van der Waals surface area contributed by atoms with Gasteiger partial charge in [0, 0.05) is 11.8 Å². The van der Waals surface area contributed by atoms with Crippen molar-refractivity contribution in [3.8, 4) is 0 Å². The zero-order valence-corrected chi connectivity index (χ0v) is 9.84. The summed E-state index contributed by atoms with van der Waals surface area (Å²) in [7, 11) is 0. The molecule has 0 aliphatic heterocycles. The average molecular weight is 250 g/mol. The van der Waals surface area contributed by atoms with Crippen LogP contribution in [0.1, 0.15) is 21.1 Å². The van der Waals surface area contributed by atoms with Gasteiger partial charge in [-0.1, -0.05) is 12.1 Å². The number of halogens is 1. The van der Waals surface area contributed by atoms with Gasteiger partial charge in [0.25, 0.3) is 0 Å². The summed E-state index contributed by atoms with van der Waals surface area (Å²) >= 11 is 1.37. The number of carbonyl (C=O) groups excluding carboxylic acids is 1. The van der Waals surface area contributed by atoms with E-state index in [1.165, 1.54) is 23.5 Å². The molecule has 0 aliphatic carbocycles. The van der Waals surface area contributed by atoms with Crippen LogP contribution in [0.2, 0.25) is 0 Å². The number of hydrogen-bond donors (Lipinski definition) is 1. The summed E-state index contributed by atoms with van der Waals surface area (Å²) < 4.78 is 13.4. The van der Waals surface area contributed by atoms with Crippen LogP contribution in [0.4, 0.5) is 4.39 Å². The van der Waals surface area contributed by atoms with Gasteiger partial charge in [0.15, 0.2) is 0 Å². The number of nitrogens with zero attached hydrogens (tertiary/aromatic N) is 1. The van der Waals surface area contributed by atoms with E-state index in [2.05, 4.69) is 4.98 Å². The van der Waals surface area contributed by atoms with E-state index in [9.17, 15) is 9.18 Å². The van der Waals surface area contributed by atoms with Crippen LogP contribution in [0.15, 0.2) is 29.6 Å². The van der Waals surface area contributed by atoms with Gasteiger partial charge >= 0.3 is 0 Å². The summed E-state index contributed by atoms with van der Waals surface area (Å²) in [4.78, 5) is 16.1. The Morgan fingerprint density at radius 2 is 2.18 bits per heavy atom. The molecule has 1 aromatic heterocycles. The van der Waals surface area contributed by atoms with Crippen molar-refractivity contribution in [2.24, 2.45) is 5.73 Å². The molecular formula is C12H11FN2OS. The van der Waals surface area contributed by atoms with E-state index in [-0.39, 0.29) is 17.0 Å². The molecule has 0 unspecified atom stereocenters. The van der Waals surface area contributed by atoms with Crippen LogP contribution in [0, 0.1) is 5.82 Å². The minimum absolute atomic E-state index is 0.0529. The van der Waals surface area contributed by atoms with Crippen LogP contribution in [0.3, 0.4) is 0 Å². The molecule has 0 aliphatic rings. The molecule has 88 valence electrons. The van der Waals surface area contributed by atoms with Crippen LogP contribution in [0.25, 0.3) is 0 Å². The molecule has 0 saturated carbocycles. The summed E-state index contributed by atoms with van der Waals surface area (Å²) in [6.45, 7) is 0.487. The lowest BCUT2D eigenvalue weighted by Crippen LogP contribution is -2.06. The third-order valence-corrected chi connectivity index (χ3v) is 3.17. The van der Waals surface area contributed by atoms with Crippen molar-refractivity contribution >= 4 is 17.1 Å². The van der Waals surface area contributed by atoms with Crippen molar-refractivity contribution in [2.75, 3.05) is 6.54 Å². The monoisotopic (exact) mass is 250 g/mol. The number of nitrogens with two attached hydrogens (primary N) is 1. The lowest BCUT2D eigenvalue weighted by atomic mass is 10.1. The Bertz CT molecular complexity index is 539. The number of thiazole rings is 1. The van der Waals surface area contributed by atoms with Gasteiger partial charge < -0.3 is 5.73 Å². The SMILES string of the molecule is NCCc1nc(C(=O)c2ccccc2F)cs1. The van der Waals surface area contributed by atoms with Crippen LogP contribution in [-0.2, 0) is 6.42 Å². The molecule has 0 bridgehead atoms. The van der Waals surface area contributed by atoms with Gasteiger partial charge in [-0.2, -0.15) is 0 Å². The Balaban J connectivity index is 2.28. The molecule has 0 saturated heterocycles. The minimum atomic E-state index is -0.522. The summed E-state index contributed by atoms with van der Waals surface area (Å²) in [5.74, 6) is -0.909. The Hall–Kier alpha value is -1.59. The van der Waals surface area contributed by atoms with Crippen LogP contribution < -0.4 is 5.73 Å². The molecule has 0 radical (unpaired) electrons. The predicted octanol–water partition coefficient (Wildman–Crippen LogP) is 2.01. The van der Waals surface area contributed by atoms with Crippen LogP contribution in [0.5, 0.6) is 0 Å². The van der Waals surface area contributed by atoms with E-state index in [4.69, 9.17) is 5.73 Å². The fraction of sp³-hybridized carbons (Fsp3) is 0.167. The van der Waals surface area contributed by atoms with Gasteiger partial charge in [0.1, 0.15) is 11.5 Å². The second-order valence-electron chi connectivity index (χ2n) is 3.47. The molecule has 2 rings (SSSR count). The molecule has 0 amide bonds. The Kier molecular flexibility index (Phi) is 3.61. The summed E-state index contributed by atoms with van der Waals surface area (Å²) in [5, 5.41) is 2.44. The highest BCUT2D eigenvalue weighted by Gasteiger charge is 2.16. The molecule has 2 N–H and O–H groups in total. The van der Waals surface area contributed by atoms with Gasteiger partial charge in [-0.3, -0.25) is 4.79 Å². The van der Waals surface area contributed by atoms with Crippen molar-refractivity contribution < 1.29 is 9.18 Å². The average Bonchev–Trinajstić information content (AvgIpc) is 2.78. The Morgan fingerprint density at radius 1 is 1.41 bits per heavy atom. The molecule has 0 spiro atoms. The Morgan fingerprint density at radius 3 is 2.88 bits per heavy atom. The largest absolute Gasteiger partial charge is 0.330 e. The minimum Gasteiger partial charge on any atom is -0.330 e. The normalized spacial score (nSPS) is 10.5. The maximum Gasteiger partial charge on any atom is 0.215 e. The third kappa shape index (κ3) is 2.57. The molecular weight excluding hydrogens is 239 g/mol. The van der Waals surface area contributed by atoms with Gasteiger partial charge in [-0.05, 0) is 18.7 Å². The second-order valence-corrected chi connectivity index (χ2v) is 4.42. The highest BCUT2D eigenvalue weighted by atomic mass is 32.1. The number of aromatic nitrogens is 1. The van der Waals surface area contributed by atoms with Gasteiger partial charge in [0.2, 0.25) is 5.78 Å². The fourth-order valence-corrected chi connectivity index (χ4v) is 2.23. The molecule has 0 atom stereocenters. The molecule has 5 heteroatoms. The van der Waals surface area contributed by atoms with Crippen molar-refractivity contribution in [1.82, 2.24) is 4.98 Å². The van der Waals surface area contributed by atoms with Gasteiger partial charge in [0.05, 0.1) is 10.6 Å². The van der Waals surface area contributed by atoms with E-state index in [1.807, 2.05) is 0 Å². The van der Waals surface area contributed by atoms with E-state index in [0.717, 1.165) is 5.01 Å². The first-order valence-corrected chi connectivity index (χ1v) is 6.04. The van der Waals surface area contributed by atoms with Crippen molar-refractivity contribution in [3.63, 3.8) is 0 Å². The maximum atomic E-state index is 13.4. The van der Waals surface area contributed by atoms with Crippen molar-refractivity contribution in [3.05, 3.63) is 51.7 Å².